The highest BCUT2D eigenvalue weighted by Crippen LogP contribution is 2.34. The largest absolute Gasteiger partial charge is 0.454 e. The number of aryl methyl sites for hydroxylation is 1. The maximum absolute atomic E-state index is 12.2. The Balaban J connectivity index is 1.18. The molecule has 1 fully saturated rings. The highest BCUT2D eigenvalue weighted by Gasteiger charge is 2.21. The average molecular weight is 401 g/mol. The molecule has 10 heteroatoms. The summed E-state index contributed by atoms with van der Waals surface area (Å²) in [6, 6.07) is 6.40. The van der Waals surface area contributed by atoms with Gasteiger partial charge in [-0.25, -0.2) is 4.79 Å². The van der Waals surface area contributed by atoms with Gasteiger partial charge in [-0.15, -0.1) is 0 Å². The molecule has 1 saturated heterocycles. The molecule has 0 aliphatic carbocycles. The highest BCUT2D eigenvalue weighted by atomic mass is 16.7. The number of nitrogens with zero attached hydrogens (tertiary/aromatic N) is 3. The first-order chi connectivity index (χ1) is 14.0. The first-order valence-corrected chi connectivity index (χ1v) is 9.42. The van der Waals surface area contributed by atoms with E-state index in [1.807, 2.05) is 17.9 Å². The smallest absolute Gasteiger partial charge is 0.325 e. The lowest BCUT2D eigenvalue weighted by Gasteiger charge is -2.33. The number of aromatic nitrogens is 1. The first kappa shape index (κ1) is 19.2. The average Bonchev–Trinajstić information content (AvgIpc) is 3.31. The van der Waals surface area contributed by atoms with E-state index in [0.29, 0.717) is 17.2 Å². The minimum Gasteiger partial charge on any atom is -0.454 e. The van der Waals surface area contributed by atoms with E-state index in [0.717, 1.165) is 44.2 Å². The number of ether oxygens (including phenoxy) is 2. The van der Waals surface area contributed by atoms with E-state index in [1.165, 1.54) is 0 Å². The third kappa shape index (κ3) is 5.04. The molecular weight excluding hydrogens is 378 g/mol. The van der Waals surface area contributed by atoms with Crippen LogP contribution in [0.2, 0.25) is 0 Å². The van der Waals surface area contributed by atoms with E-state index in [2.05, 4.69) is 20.7 Å². The van der Waals surface area contributed by atoms with Crippen molar-refractivity contribution >= 4 is 17.6 Å². The molecule has 2 aliphatic heterocycles. The number of benzene rings is 1. The van der Waals surface area contributed by atoms with Gasteiger partial charge in [0.1, 0.15) is 5.76 Å². The van der Waals surface area contributed by atoms with Crippen LogP contribution in [-0.4, -0.2) is 66.4 Å². The Morgan fingerprint density at radius 3 is 2.59 bits per heavy atom. The molecule has 0 spiro atoms. The highest BCUT2D eigenvalue weighted by molar-refractivity contribution is 6.01. The molecule has 0 atom stereocenters. The van der Waals surface area contributed by atoms with E-state index in [-0.39, 0.29) is 19.2 Å². The summed E-state index contributed by atoms with van der Waals surface area (Å²) in [5, 5.41) is 9.00. The number of anilines is 1. The van der Waals surface area contributed by atoms with Crippen molar-refractivity contribution in [2.75, 3.05) is 44.8 Å². The molecule has 2 N–H and O–H groups in total. The van der Waals surface area contributed by atoms with Crippen molar-refractivity contribution in [3.05, 3.63) is 35.7 Å². The second-order valence-electron chi connectivity index (χ2n) is 7.05. The van der Waals surface area contributed by atoms with Crippen LogP contribution in [0.4, 0.5) is 10.5 Å². The molecule has 10 nitrogen and oxygen atoms in total. The molecule has 3 amide bonds. The quantitative estimate of drug-likeness (QED) is 0.769. The van der Waals surface area contributed by atoms with Gasteiger partial charge in [0.25, 0.3) is 0 Å². The number of carbonyl (C=O) groups is 2. The van der Waals surface area contributed by atoms with Gasteiger partial charge in [-0.05, 0) is 19.1 Å². The normalized spacial score (nSPS) is 16.6. The van der Waals surface area contributed by atoms with E-state index < -0.39 is 6.03 Å². The van der Waals surface area contributed by atoms with Gasteiger partial charge in [0, 0.05) is 50.5 Å². The fourth-order valence-corrected chi connectivity index (χ4v) is 3.33. The number of urea groups is 1. The molecule has 1 aromatic heterocycles. The molecule has 3 heterocycles. The third-order valence-electron chi connectivity index (χ3n) is 4.78. The predicted octanol–water partition coefficient (Wildman–Crippen LogP) is 1.18. The number of piperazine rings is 1. The Hall–Kier alpha value is -3.11. The van der Waals surface area contributed by atoms with Gasteiger partial charge in [0.2, 0.25) is 12.7 Å². The Bertz CT molecular complexity index is 891. The van der Waals surface area contributed by atoms with Crippen LogP contribution in [-0.2, 0) is 11.3 Å². The lowest BCUT2D eigenvalue weighted by atomic mass is 10.2. The second-order valence-corrected chi connectivity index (χ2v) is 7.05. The minimum absolute atomic E-state index is 0.162. The molecule has 4 rings (SSSR count). The molecule has 29 heavy (non-hydrogen) atoms. The van der Waals surface area contributed by atoms with E-state index in [4.69, 9.17) is 14.0 Å². The summed E-state index contributed by atoms with van der Waals surface area (Å²) in [5.74, 6) is 1.65. The van der Waals surface area contributed by atoms with Crippen molar-refractivity contribution in [2.24, 2.45) is 0 Å². The van der Waals surface area contributed by atoms with Crippen LogP contribution < -0.4 is 20.1 Å². The number of fused-ring (bicyclic) bond motifs is 1. The molecule has 1 aromatic carbocycles. The van der Waals surface area contributed by atoms with Crippen LogP contribution in [0.1, 0.15) is 11.5 Å². The molecule has 0 radical (unpaired) electrons. The van der Waals surface area contributed by atoms with Crippen molar-refractivity contribution < 1.29 is 23.6 Å². The number of hydrogen-bond acceptors (Lipinski definition) is 8. The van der Waals surface area contributed by atoms with E-state index >= 15 is 0 Å². The van der Waals surface area contributed by atoms with Gasteiger partial charge < -0.3 is 19.3 Å². The lowest BCUT2D eigenvalue weighted by molar-refractivity contribution is -0.121. The standard InChI is InChI=1S/C19H23N5O5/c1-13-8-15(22-29-13)10-23-4-6-24(7-5-23)11-18(25)21-19(26)20-14-2-3-16-17(9-14)28-12-27-16/h2-3,8-9H,4-7,10-12H2,1H3,(H2,20,21,25,26). The zero-order chi connectivity index (χ0) is 20.2. The summed E-state index contributed by atoms with van der Waals surface area (Å²) in [6.07, 6.45) is 0. The van der Waals surface area contributed by atoms with Crippen molar-refractivity contribution in [1.29, 1.82) is 0 Å². The van der Waals surface area contributed by atoms with Crippen molar-refractivity contribution in [2.45, 2.75) is 13.5 Å². The summed E-state index contributed by atoms with van der Waals surface area (Å²) in [7, 11) is 0. The topological polar surface area (TPSA) is 109 Å². The van der Waals surface area contributed by atoms with Gasteiger partial charge in [0.05, 0.1) is 12.2 Å². The van der Waals surface area contributed by atoms with Crippen LogP contribution in [0, 0.1) is 6.92 Å². The monoisotopic (exact) mass is 401 g/mol. The zero-order valence-electron chi connectivity index (χ0n) is 16.1. The summed E-state index contributed by atoms with van der Waals surface area (Å²) in [4.78, 5) is 28.5. The Morgan fingerprint density at radius 2 is 1.83 bits per heavy atom. The zero-order valence-corrected chi connectivity index (χ0v) is 16.1. The Kier molecular flexibility index (Phi) is 5.63. The van der Waals surface area contributed by atoms with Crippen LogP contribution in [0.25, 0.3) is 0 Å². The summed E-state index contributed by atoms with van der Waals surface area (Å²) in [5.41, 5.74) is 1.44. The fourth-order valence-electron chi connectivity index (χ4n) is 3.33. The lowest BCUT2D eigenvalue weighted by Crippen LogP contribution is -2.50. The van der Waals surface area contributed by atoms with Crippen LogP contribution in [0.3, 0.4) is 0 Å². The van der Waals surface area contributed by atoms with Crippen LogP contribution in [0.5, 0.6) is 11.5 Å². The summed E-state index contributed by atoms with van der Waals surface area (Å²) >= 11 is 0. The van der Waals surface area contributed by atoms with Gasteiger partial charge in [-0.1, -0.05) is 5.16 Å². The second kappa shape index (κ2) is 8.50. The van der Waals surface area contributed by atoms with Crippen molar-refractivity contribution in [3.8, 4) is 11.5 Å². The Labute approximate surface area is 167 Å². The van der Waals surface area contributed by atoms with Crippen LogP contribution in [0.15, 0.2) is 28.8 Å². The number of amides is 3. The van der Waals surface area contributed by atoms with Gasteiger partial charge in [-0.3, -0.25) is 19.9 Å². The molecule has 0 unspecified atom stereocenters. The molecular formula is C19H23N5O5. The van der Waals surface area contributed by atoms with E-state index in [9.17, 15) is 9.59 Å². The minimum atomic E-state index is -0.575. The van der Waals surface area contributed by atoms with Crippen molar-refractivity contribution in [3.63, 3.8) is 0 Å². The first-order valence-electron chi connectivity index (χ1n) is 9.42. The SMILES string of the molecule is Cc1cc(CN2CCN(CC(=O)NC(=O)Nc3ccc4c(c3)OCO4)CC2)no1. The molecule has 0 bridgehead atoms. The van der Waals surface area contributed by atoms with E-state index in [1.54, 1.807) is 18.2 Å². The Morgan fingerprint density at radius 1 is 1.07 bits per heavy atom. The predicted molar refractivity (Wildman–Crippen MR) is 103 cm³/mol. The van der Waals surface area contributed by atoms with Gasteiger partial charge in [0.15, 0.2) is 11.5 Å². The number of rotatable bonds is 5. The maximum atomic E-state index is 12.2. The summed E-state index contributed by atoms with van der Waals surface area (Å²) < 4.78 is 15.6. The maximum Gasteiger partial charge on any atom is 0.325 e. The fraction of sp³-hybridized carbons (Fsp3) is 0.421. The van der Waals surface area contributed by atoms with Gasteiger partial charge in [-0.2, -0.15) is 0 Å². The molecule has 2 aliphatic rings. The van der Waals surface area contributed by atoms with Crippen LogP contribution >= 0.6 is 0 Å². The van der Waals surface area contributed by atoms with Gasteiger partial charge >= 0.3 is 6.03 Å². The number of carbonyl (C=O) groups excluding carboxylic acids is 2. The molecule has 2 aromatic rings. The summed E-state index contributed by atoms with van der Waals surface area (Å²) in [6.45, 7) is 6.07. The third-order valence-corrected chi connectivity index (χ3v) is 4.78. The number of nitrogens with one attached hydrogen (secondary N) is 2. The molecule has 154 valence electrons. The van der Waals surface area contributed by atoms with Crippen molar-refractivity contribution in [1.82, 2.24) is 20.3 Å². The molecule has 0 saturated carbocycles. The number of hydrogen-bond donors (Lipinski definition) is 2. The number of imide groups is 1.